The van der Waals surface area contributed by atoms with Gasteiger partial charge < -0.3 is 29.6 Å². The Morgan fingerprint density at radius 1 is 1.12 bits per heavy atom. The molecule has 3 aliphatic rings. The molecule has 1 unspecified atom stereocenters. The quantitative estimate of drug-likeness (QED) is 0.138. The summed E-state index contributed by atoms with van der Waals surface area (Å²) in [4.78, 5) is 63.0. The maximum absolute atomic E-state index is 13.7. The van der Waals surface area contributed by atoms with Crippen molar-refractivity contribution in [3.8, 4) is 22.9 Å². The lowest BCUT2D eigenvalue weighted by molar-refractivity contribution is -0.147. The first-order chi connectivity index (χ1) is 24.0. The first kappa shape index (κ1) is 34.9. The topological polar surface area (TPSA) is 158 Å². The number of rotatable bonds is 12. The molecular weight excluding hydrogens is 662 g/mol. The SMILES string of the molecule is C=CC1C[C@]1(NC(=O)[C@@H]1C[C@@H](Oc2cc(-c3csc(NC(=O)CC4CCCC4)n3)nc3cc(OC)ccc23)CN1C(=O)OC(=C)C)C(=O)OC. The molecule has 4 atom stereocenters. The number of esters is 1. The number of carbonyl (C=O) groups excluding carboxylic acids is 4. The lowest BCUT2D eigenvalue weighted by atomic mass is 10.0. The number of anilines is 1. The molecule has 50 heavy (non-hydrogen) atoms. The zero-order chi connectivity index (χ0) is 35.6. The molecule has 3 aromatic rings. The Morgan fingerprint density at radius 3 is 2.58 bits per heavy atom. The average Bonchev–Trinajstić information content (AvgIpc) is 3.52. The van der Waals surface area contributed by atoms with Crippen LogP contribution in [0.2, 0.25) is 0 Å². The lowest BCUT2D eigenvalue weighted by Gasteiger charge is -2.25. The third-order valence-corrected chi connectivity index (χ3v) is 10.2. The van der Waals surface area contributed by atoms with E-state index in [1.807, 2.05) is 11.4 Å². The molecule has 3 amide bonds. The number of methoxy groups -OCH3 is 2. The van der Waals surface area contributed by atoms with Gasteiger partial charge in [0.15, 0.2) is 5.13 Å². The zero-order valence-corrected chi connectivity index (χ0v) is 29.2. The van der Waals surface area contributed by atoms with Gasteiger partial charge in [-0.1, -0.05) is 25.5 Å². The number of amides is 3. The summed E-state index contributed by atoms with van der Waals surface area (Å²) in [7, 11) is 2.82. The van der Waals surface area contributed by atoms with Crippen LogP contribution < -0.4 is 20.1 Å². The highest BCUT2D eigenvalue weighted by Crippen LogP contribution is 2.46. The van der Waals surface area contributed by atoms with Crippen LogP contribution >= 0.6 is 11.3 Å². The number of thiazole rings is 1. The first-order valence-corrected chi connectivity index (χ1v) is 17.5. The summed E-state index contributed by atoms with van der Waals surface area (Å²) in [5, 5.41) is 8.73. The Morgan fingerprint density at radius 2 is 1.90 bits per heavy atom. The fraction of sp³-hybridized carbons (Fsp3) is 0.444. The van der Waals surface area contributed by atoms with E-state index in [2.05, 4.69) is 28.8 Å². The van der Waals surface area contributed by atoms with Gasteiger partial charge in [-0.2, -0.15) is 0 Å². The molecule has 2 saturated carbocycles. The second-order valence-corrected chi connectivity index (χ2v) is 13.9. The maximum atomic E-state index is 13.7. The summed E-state index contributed by atoms with van der Waals surface area (Å²) < 4.78 is 22.3. The van der Waals surface area contributed by atoms with Gasteiger partial charge in [0, 0.05) is 41.7 Å². The highest BCUT2D eigenvalue weighted by Gasteiger charge is 2.62. The highest BCUT2D eigenvalue weighted by atomic mass is 32.1. The number of hydrogen-bond donors (Lipinski definition) is 2. The number of allylic oxidation sites excluding steroid dienone is 1. The molecule has 2 aromatic heterocycles. The molecule has 3 fully saturated rings. The molecule has 3 heterocycles. The summed E-state index contributed by atoms with van der Waals surface area (Å²) in [6.45, 7) is 8.97. The highest BCUT2D eigenvalue weighted by molar-refractivity contribution is 7.14. The predicted molar refractivity (Wildman–Crippen MR) is 187 cm³/mol. The van der Waals surface area contributed by atoms with Gasteiger partial charge in [0.05, 0.1) is 37.7 Å². The van der Waals surface area contributed by atoms with Gasteiger partial charge in [0.25, 0.3) is 0 Å². The van der Waals surface area contributed by atoms with Gasteiger partial charge in [-0.05, 0) is 44.2 Å². The molecule has 1 aliphatic heterocycles. The van der Waals surface area contributed by atoms with E-state index in [0.717, 1.165) is 12.8 Å². The molecule has 2 N–H and O–H groups in total. The van der Waals surface area contributed by atoms with Crippen LogP contribution in [0.5, 0.6) is 11.5 Å². The van der Waals surface area contributed by atoms with E-state index < -0.39 is 35.7 Å². The number of nitrogens with one attached hydrogen (secondary N) is 2. The summed E-state index contributed by atoms with van der Waals surface area (Å²) >= 11 is 1.31. The van der Waals surface area contributed by atoms with Crippen LogP contribution in [-0.2, 0) is 23.9 Å². The van der Waals surface area contributed by atoms with Crippen LogP contribution in [-0.4, -0.2) is 77.2 Å². The van der Waals surface area contributed by atoms with Crippen molar-refractivity contribution in [3.63, 3.8) is 0 Å². The van der Waals surface area contributed by atoms with Crippen LogP contribution in [0.15, 0.2) is 54.6 Å². The number of ether oxygens (including phenoxy) is 4. The number of nitrogens with zero attached hydrogens (tertiary/aromatic N) is 3. The van der Waals surface area contributed by atoms with Crippen molar-refractivity contribution in [2.45, 2.75) is 69.6 Å². The predicted octanol–water partition coefficient (Wildman–Crippen LogP) is 5.61. The van der Waals surface area contributed by atoms with E-state index in [-0.39, 0.29) is 30.5 Å². The Labute approximate surface area is 294 Å². The summed E-state index contributed by atoms with van der Waals surface area (Å²) in [6, 6.07) is 6.13. The minimum Gasteiger partial charge on any atom is -0.497 e. The number of hydrogen-bond acceptors (Lipinski definition) is 11. The van der Waals surface area contributed by atoms with Gasteiger partial charge in [-0.25, -0.2) is 19.6 Å². The van der Waals surface area contributed by atoms with E-state index in [1.165, 1.54) is 43.1 Å². The second kappa shape index (κ2) is 14.5. The summed E-state index contributed by atoms with van der Waals surface area (Å²) in [5.74, 6) is 0.149. The average molecular weight is 704 g/mol. The van der Waals surface area contributed by atoms with Crippen LogP contribution in [0.1, 0.15) is 51.9 Å². The molecule has 0 spiro atoms. The zero-order valence-electron chi connectivity index (χ0n) is 28.4. The van der Waals surface area contributed by atoms with Crippen LogP contribution in [0, 0.1) is 11.8 Å². The third kappa shape index (κ3) is 7.30. The number of carbonyl (C=O) groups is 4. The largest absolute Gasteiger partial charge is 0.497 e. The van der Waals surface area contributed by atoms with Gasteiger partial charge in [-0.15, -0.1) is 17.9 Å². The van der Waals surface area contributed by atoms with E-state index >= 15 is 0 Å². The molecule has 1 aromatic carbocycles. The van der Waals surface area contributed by atoms with Crippen molar-refractivity contribution in [2.24, 2.45) is 11.8 Å². The fourth-order valence-corrected chi connectivity index (χ4v) is 7.56. The van der Waals surface area contributed by atoms with Crippen LogP contribution in [0.3, 0.4) is 0 Å². The monoisotopic (exact) mass is 703 g/mol. The molecule has 1 saturated heterocycles. The minimum absolute atomic E-state index is 0.0174. The molecule has 264 valence electrons. The summed E-state index contributed by atoms with van der Waals surface area (Å²) in [6.07, 6.45) is 5.61. The van der Waals surface area contributed by atoms with Crippen molar-refractivity contribution < 1.29 is 38.1 Å². The van der Waals surface area contributed by atoms with E-state index in [0.29, 0.717) is 57.7 Å². The Balaban J connectivity index is 1.26. The number of aromatic nitrogens is 2. The number of benzene rings is 1. The van der Waals surface area contributed by atoms with Crippen molar-refractivity contribution >= 4 is 51.2 Å². The summed E-state index contributed by atoms with van der Waals surface area (Å²) in [5.41, 5.74) is 0.383. The van der Waals surface area contributed by atoms with Gasteiger partial charge in [-0.3, -0.25) is 14.5 Å². The van der Waals surface area contributed by atoms with Crippen LogP contribution in [0.4, 0.5) is 9.93 Å². The Kier molecular flexibility index (Phi) is 10.1. The second-order valence-electron chi connectivity index (χ2n) is 13.0. The van der Waals surface area contributed by atoms with E-state index in [1.54, 1.807) is 31.4 Å². The number of pyridine rings is 1. The van der Waals surface area contributed by atoms with Crippen molar-refractivity contribution in [3.05, 3.63) is 54.6 Å². The Bertz CT molecular complexity index is 1840. The molecule has 6 rings (SSSR count). The van der Waals surface area contributed by atoms with Crippen molar-refractivity contribution in [1.82, 2.24) is 20.2 Å². The molecule has 0 radical (unpaired) electrons. The van der Waals surface area contributed by atoms with E-state index in [9.17, 15) is 19.2 Å². The molecular formula is C36H41N5O8S. The minimum atomic E-state index is -1.24. The molecule has 0 bridgehead atoms. The van der Waals surface area contributed by atoms with E-state index in [4.69, 9.17) is 23.9 Å². The third-order valence-electron chi connectivity index (χ3n) is 9.49. The van der Waals surface area contributed by atoms with Crippen molar-refractivity contribution in [1.29, 1.82) is 0 Å². The number of fused-ring (bicyclic) bond motifs is 1. The molecule has 14 heteroatoms. The molecule has 13 nitrogen and oxygen atoms in total. The lowest BCUT2D eigenvalue weighted by Crippen LogP contribution is -2.53. The molecule has 2 aliphatic carbocycles. The first-order valence-electron chi connectivity index (χ1n) is 16.6. The van der Waals surface area contributed by atoms with Gasteiger partial charge in [0.2, 0.25) is 11.8 Å². The number of likely N-dealkylation sites (tertiary alicyclic amines) is 1. The van der Waals surface area contributed by atoms with Crippen molar-refractivity contribution in [2.75, 3.05) is 26.1 Å². The van der Waals surface area contributed by atoms with Gasteiger partial charge >= 0.3 is 12.1 Å². The van der Waals surface area contributed by atoms with Gasteiger partial charge in [0.1, 0.15) is 34.9 Å². The Hall–Kier alpha value is -4.98. The normalized spacial score (nSPS) is 22.9. The smallest absolute Gasteiger partial charge is 0.415 e. The standard InChI is InChI=1S/C36H41N5O8S/c1-6-22-17-36(22,33(44)47-5)40-32(43)29-15-24(18-41(29)35(45)48-20(2)3)49-30-16-27(37-26-14-23(46-4)11-12-25(26)30)28-19-50-34(38-28)39-31(42)13-21-9-7-8-10-21/h6,11-12,14,16,19,21-22,24,29H,1-2,7-10,13,15,17-18H2,3-5H3,(H,40,43)(H,38,39,42)/t22?,24-,29+,36-/m1/s1. The fourth-order valence-electron chi connectivity index (χ4n) is 6.84. The maximum Gasteiger partial charge on any atom is 0.415 e. The van der Waals surface area contributed by atoms with Crippen LogP contribution in [0.25, 0.3) is 22.3 Å².